The molecule has 0 saturated heterocycles. The Morgan fingerprint density at radius 3 is 2.24 bits per heavy atom. The molecule has 38 heavy (non-hydrogen) atoms. The van der Waals surface area contributed by atoms with Gasteiger partial charge in [-0.3, -0.25) is 14.5 Å². The van der Waals surface area contributed by atoms with Gasteiger partial charge in [0.2, 0.25) is 11.8 Å². The van der Waals surface area contributed by atoms with Crippen LogP contribution in [0.1, 0.15) is 43.4 Å². The summed E-state index contributed by atoms with van der Waals surface area (Å²) < 4.78 is 13.4. The van der Waals surface area contributed by atoms with Gasteiger partial charge in [0.15, 0.2) is 0 Å². The normalized spacial score (nSPS) is 15.2. The van der Waals surface area contributed by atoms with Crippen molar-refractivity contribution in [2.24, 2.45) is 0 Å². The maximum Gasteiger partial charge on any atom is 0.227 e. The molecule has 0 spiro atoms. The van der Waals surface area contributed by atoms with Crippen LogP contribution in [0.3, 0.4) is 0 Å². The number of carbonyl (C=O) groups excluding carboxylic acids is 2. The lowest BCUT2D eigenvalue weighted by molar-refractivity contribution is -0.131. The van der Waals surface area contributed by atoms with Crippen molar-refractivity contribution in [2.45, 2.75) is 52.1 Å². The molecule has 200 valence electrons. The number of anilines is 1. The van der Waals surface area contributed by atoms with E-state index in [1.165, 1.54) is 12.1 Å². The van der Waals surface area contributed by atoms with Crippen molar-refractivity contribution in [1.82, 2.24) is 9.80 Å². The molecule has 1 aliphatic rings. The van der Waals surface area contributed by atoms with Crippen molar-refractivity contribution in [3.63, 3.8) is 0 Å². The Bertz CT molecular complexity index is 1200. The van der Waals surface area contributed by atoms with E-state index in [2.05, 4.69) is 30.9 Å². The van der Waals surface area contributed by atoms with Gasteiger partial charge in [-0.1, -0.05) is 60.7 Å². The van der Waals surface area contributed by atoms with Gasteiger partial charge in [-0.25, -0.2) is 4.39 Å². The SMILES string of the molecule is CC(C)N1CCCN(C(=O)CCc2ccccc2)c2ccccc2CN(C(=O)Cc2ccc(F)cc2)CC1. The Balaban J connectivity index is 1.59. The summed E-state index contributed by atoms with van der Waals surface area (Å²) in [5.41, 5.74) is 3.78. The molecule has 0 saturated carbocycles. The van der Waals surface area contributed by atoms with Gasteiger partial charge in [0.1, 0.15) is 5.82 Å². The number of carbonyl (C=O) groups is 2. The molecule has 0 N–H and O–H groups in total. The van der Waals surface area contributed by atoms with Crippen molar-refractivity contribution in [1.29, 1.82) is 0 Å². The van der Waals surface area contributed by atoms with Crippen molar-refractivity contribution in [3.8, 4) is 0 Å². The molecule has 3 aromatic rings. The molecule has 0 unspecified atom stereocenters. The maximum absolute atomic E-state index is 13.6. The molecule has 0 radical (unpaired) electrons. The average Bonchev–Trinajstić information content (AvgIpc) is 2.96. The van der Waals surface area contributed by atoms with E-state index in [0.29, 0.717) is 38.5 Å². The lowest BCUT2D eigenvalue weighted by atomic mass is 10.1. The van der Waals surface area contributed by atoms with Gasteiger partial charge in [0.05, 0.1) is 6.42 Å². The van der Waals surface area contributed by atoms with E-state index in [4.69, 9.17) is 0 Å². The van der Waals surface area contributed by atoms with Crippen molar-refractivity contribution in [2.75, 3.05) is 31.1 Å². The third-order valence-corrected chi connectivity index (χ3v) is 7.25. The van der Waals surface area contributed by atoms with E-state index in [9.17, 15) is 14.0 Å². The predicted molar refractivity (Wildman–Crippen MR) is 150 cm³/mol. The van der Waals surface area contributed by atoms with Gasteiger partial charge < -0.3 is 9.80 Å². The van der Waals surface area contributed by atoms with Gasteiger partial charge in [0.25, 0.3) is 0 Å². The van der Waals surface area contributed by atoms with Crippen molar-refractivity contribution >= 4 is 17.5 Å². The second kappa shape index (κ2) is 13.3. The first kappa shape index (κ1) is 27.5. The van der Waals surface area contributed by atoms with Gasteiger partial charge in [-0.2, -0.15) is 0 Å². The van der Waals surface area contributed by atoms with E-state index in [0.717, 1.165) is 41.9 Å². The zero-order valence-corrected chi connectivity index (χ0v) is 22.5. The van der Waals surface area contributed by atoms with Crippen LogP contribution >= 0.6 is 0 Å². The summed E-state index contributed by atoms with van der Waals surface area (Å²) in [7, 11) is 0. The summed E-state index contributed by atoms with van der Waals surface area (Å²) in [6.45, 7) is 7.60. The van der Waals surface area contributed by atoms with Gasteiger partial charge in [-0.15, -0.1) is 0 Å². The van der Waals surface area contributed by atoms with E-state index < -0.39 is 0 Å². The summed E-state index contributed by atoms with van der Waals surface area (Å²) in [6.07, 6.45) is 2.19. The number of nitrogens with zero attached hydrogens (tertiary/aromatic N) is 3. The number of fused-ring (bicyclic) bond motifs is 1. The molecule has 0 bridgehead atoms. The highest BCUT2D eigenvalue weighted by Gasteiger charge is 2.24. The fourth-order valence-electron chi connectivity index (χ4n) is 5.01. The number of aryl methyl sites for hydroxylation is 1. The maximum atomic E-state index is 13.6. The Morgan fingerprint density at radius 1 is 0.789 bits per heavy atom. The smallest absolute Gasteiger partial charge is 0.227 e. The Labute approximate surface area is 225 Å². The van der Waals surface area contributed by atoms with Crippen LogP contribution in [0.15, 0.2) is 78.9 Å². The third kappa shape index (κ3) is 7.51. The van der Waals surface area contributed by atoms with E-state index in [1.54, 1.807) is 12.1 Å². The lowest BCUT2D eigenvalue weighted by Crippen LogP contribution is -2.41. The molecule has 0 aliphatic carbocycles. The third-order valence-electron chi connectivity index (χ3n) is 7.25. The number of halogens is 1. The minimum absolute atomic E-state index is 0.00341. The van der Waals surface area contributed by atoms with Crippen LogP contribution in [0.4, 0.5) is 10.1 Å². The molecule has 2 amide bonds. The summed E-state index contributed by atoms with van der Waals surface area (Å²) in [5, 5.41) is 0. The summed E-state index contributed by atoms with van der Waals surface area (Å²) in [4.78, 5) is 33.3. The molecular formula is C32H38FN3O2. The molecule has 6 heteroatoms. The topological polar surface area (TPSA) is 43.9 Å². The quantitative estimate of drug-likeness (QED) is 0.437. The van der Waals surface area contributed by atoms with Crippen molar-refractivity contribution < 1.29 is 14.0 Å². The monoisotopic (exact) mass is 515 g/mol. The first-order chi connectivity index (χ1) is 18.4. The first-order valence-electron chi connectivity index (χ1n) is 13.6. The molecule has 5 nitrogen and oxygen atoms in total. The van der Waals surface area contributed by atoms with E-state index >= 15 is 0 Å². The fraction of sp³-hybridized carbons (Fsp3) is 0.375. The molecule has 3 aromatic carbocycles. The average molecular weight is 516 g/mol. The summed E-state index contributed by atoms with van der Waals surface area (Å²) >= 11 is 0. The Hall–Kier alpha value is -3.51. The number of rotatable bonds is 6. The molecule has 1 heterocycles. The lowest BCUT2D eigenvalue weighted by Gasteiger charge is -2.30. The predicted octanol–water partition coefficient (Wildman–Crippen LogP) is 5.48. The number of para-hydroxylation sites is 1. The van der Waals surface area contributed by atoms with E-state index in [1.807, 2.05) is 52.3 Å². The highest BCUT2D eigenvalue weighted by atomic mass is 19.1. The number of hydrogen-bond acceptors (Lipinski definition) is 3. The van der Waals surface area contributed by atoms with Crippen LogP contribution in [0.2, 0.25) is 0 Å². The highest BCUT2D eigenvalue weighted by molar-refractivity contribution is 5.94. The van der Waals surface area contributed by atoms with Gasteiger partial charge in [-0.05, 0) is 61.6 Å². The molecule has 4 rings (SSSR count). The van der Waals surface area contributed by atoms with Crippen LogP contribution in [0.25, 0.3) is 0 Å². The van der Waals surface area contributed by atoms with Gasteiger partial charge >= 0.3 is 0 Å². The molecule has 0 aromatic heterocycles. The minimum atomic E-state index is -0.310. The van der Waals surface area contributed by atoms with Crippen LogP contribution < -0.4 is 4.90 Å². The zero-order valence-electron chi connectivity index (χ0n) is 22.5. The van der Waals surface area contributed by atoms with E-state index in [-0.39, 0.29) is 24.1 Å². The van der Waals surface area contributed by atoms with Crippen LogP contribution in [-0.4, -0.2) is 53.8 Å². The Morgan fingerprint density at radius 2 is 1.50 bits per heavy atom. The number of benzene rings is 3. The summed E-state index contributed by atoms with van der Waals surface area (Å²) in [5.74, 6) is -0.216. The Kier molecular flexibility index (Phi) is 9.66. The van der Waals surface area contributed by atoms with Crippen LogP contribution in [-0.2, 0) is 29.0 Å². The molecule has 0 fully saturated rings. The molecule has 1 aliphatic heterocycles. The first-order valence-corrected chi connectivity index (χ1v) is 13.6. The largest absolute Gasteiger partial charge is 0.337 e. The van der Waals surface area contributed by atoms with Gasteiger partial charge in [0, 0.05) is 50.9 Å². The van der Waals surface area contributed by atoms with Crippen molar-refractivity contribution in [3.05, 3.63) is 101 Å². The second-order valence-electron chi connectivity index (χ2n) is 10.3. The molecule has 0 atom stereocenters. The minimum Gasteiger partial charge on any atom is -0.337 e. The standard InChI is InChI=1S/C32H38FN3O2/c1-25(2)34-19-8-20-36(31(37)18-15-26-9-4-3-5-10-26)30-12-7-6-11-28(30)24-35(22-21-34)32(38)23-27-13-16-29(33)17-14-27/h3-7,9-14,16-17,25H,8,15,18-24H2,1-2H3. The second-order valence-corrected chi connectivity index (χ2v) is 10.3. The van der Waals surface area contributed by atoms with Crippen LogP contribution in [0, 0.1) is 5.82 Å². The highest BCUT2D eigenvalue weighted by Crippen LogP contribution is 2.25. The number of amides is 2. The van der Waals surface area contributed by atoms with Crippen LogP contribution in [0.5, 0.6) is 0 Å². The number of hydrogen-bond donors (Lipinski definition) is 0. The molecular weight excluding hydrogens is 477 g/mol. The fourth-order valence-corrected chi connectivity index (χ4v) is 5.01. The zero-order chi connectivity index (χ0) is 26.9. The summed E-state index contributed by atoms with van der Waals surface area (Å²) in [6, 6.07) is 24.5.